The first-order valence-corrected chi connectivity index (χ1v) is 8.90. The van der Waals surface area contributed by atoms with Crippen LogP contribution >= 0.6 is 23.4 Å². The number of benzene rings is 1. The summed E-state index contributed by atoms with van der Waals surface area (Å²) >= 11 is 7.78. The normalized spacial score (nSPS) is 11.2. The standard InChI is InChI=1S/C15H21ClN2OS/c1-3-19-13-7-4-6-12-15(13)17-14(8-9-16)18(12)10-5-11-20-2/h4,6-7H,3,5,8-11H2,1-2H3. The Balaban J connectivity index is 2.40. The molecule has 0 saturated carbocycles. The highest BCUT2D eigenvalue weighted by atomic mass is 35.5. The third-order valence-electron chi connectivity index (χ3n) is 3.17. The quantitative estimate of drug-likeness (QED) is 0.545. The van der Waals surface area contributed by atoms with Gasteiger partial charge in [0.05, 0.1) is 12.1 Å². The minimum Gasteiger partial charge on any atom is -0.492 e. The predicted molar refractivity (Wildman–Crippen MR) is 88.3 cm³/mol. The van der Waals surface area contributed by atoms with Crippen LogP contribution in [0.4, 0.5) is 0 Å². The van der Waals surface area contributed by atoms with Gasteiger partial charge in [-0.05, 0) is 37.5 Å². The van der Waals surface area contributed by atoms with Crippen LogP contribution in [0.3, 0.4) is 0 Å². The lowest BCUT2D eigenvalue weighted by Gasteiger charge is -2.08. The molecule has 0 unspecified atom stereocenters. The van der Waals surface area contributed by atoms with Gasteiger partial charge in [-0.15, -0.1) is 11.6 Å². The van der Waals surface area contributed by atoms with Gasteiger partial charge in [-0.1, -0.05) is 6.07 Å². The molecule has 2 rings (SSSR count). The van der Waals surface area contributed by atoms with Gasteiger partial charge in [0.25, 0.3) is 0 Å². The van der Waals surface area contributed by atoms with Gasteiger partial charge in [0.1, 0.15) is 17.1 Å². The summed E-state index contributed by atoms with van der Waals surface area (Å²) in [6.07, 6.45) is 4.07. The molecule has 110 valence electrons. The summed E-state index contributed by atoms with van der Waals surface area (Å²) in [5, 5.41) is 0. The Kier molecular flexibility index (Phi) is 6.05. The molecular formula is C15H21ClN2OS. The smallest absolute Gasteiger partial charge is 0.147 e. The van der Waals surface area contributed by atoms with E-state index in [1.807, 2.05) is 30.8 Å². The highest BCUT2D eigenvalue weighted by molar-refractivity contribution is 7.98. The summed E-state index contributed by atoms with van der Waals surface area (Å²) in [6, 6.07) is 6.13. The van der Waals surface area contributed by atoms with Crippen molar-refractivity contribution in [2.75, 3.05) is 24.5 Å². The van der Waals surface area contributed by atoms with Gasteiger partial charge >= 0.3 is 0 Å². The number of hydrogen-bond acceptors (Lipinski definition) is 3. The number of hydrogen-bond donors (Lipinski definition) is 0. The van der Waals surface area contributed by atoms with Crippen LogP contribution in [0, 0.1) is 0 Å². The second kappa shape index (κ2) is 7.79. The zero-order chi connectivity index (χ0) is 14.4. The number of rotatable bonds is 8. The molecule has 0 spiro atoms. The molecule has 0 saturated heterocycles. The Hall–Kier alpha value is -0.870. The third-order valence-corrected chi connectivity index (χ3v) is 4.05. The summed E-state index contributed by atoms with van der Waals surface area (Å²) in [5.74, 6) is 3.67. The monoisotopic (exact) mass is 312 g/mol. The number of thioether (sulfide) groups is 1. The molecule has 3 nitrogen and oxygen atoms in total. The minimum absolute atomic E-state index is 0.593. The Bertz CT molecular complexity index is 556. The maximum Gasteiger partial charge on any atom is 0.147 e. The molecule has 0 bridgehead atoms. The highest BCUT2D eigenvalue weighted by Crippen LogP contribution is 2.27. The molecule has 0 aliphatic rings. The predicted octanol–water partition coefficient (Wildman–Crippen LogP) is 3.97. The largest absolute Gasteiger partial charge is 0.492 e. The van der Waals surface area contributed by atoms with Crippen molar-refractivity contribution in [3.8, 4) is 5.75 Å². The Labute approximate surface area is 129 Å². The maximum absolute atomic E-state index is 5.91. The van der Waals surface area contributed by atoms with Gasteiger partial charge in [0, 0.05) is 18.8 Å². The zero-order valence-corrected chi connectivity index (χ0v) is 13.6. The fourth-order valence-electron chi connectivity index (χ4n) is 2.33. The number of alkyl halides is 1. The van der Waals surface area contributed by atoms with Crippen LogP contribution in [-0.4, -0.2) is 34.0 Å². The molecule has 0 aliphatic carbocycles. The third kappa shape index (κ3) is 3.41. The van der Waals surface area contributed by atoms with E-state index in [-0.39, 0.29) is 0 Å². The lowest BCUT2D eigenvalue weighted by Crippen LogP contribution is -2.05. The van der Waals surface area contributed by atoms with Gasteiger partial charge in [0.2, 0.25) is 0 Å². The van der Waals surface area contributed by atoms with Crippen molar-refractivity contribution in [2.45, 2.75) is 26.3 Å². The number of nitrogens with zero attached hydrogens (tertiary/aromatic N) is 2. The molecule has 0 aliphatic heterocycles. The van der Waals surface area contributed by atoms with E-state index in [4.69, 9.17) is 21.3 Å². The topological polar surface area (TPSA) is 27.1 Å². The van der Waals surface area contributed by atoms with E-state index >= 15 is 0 Å². The molecule has 5 heteroatoms. The second-order valence-corrected chi connectivity index (χ2v) is 5.89. The second-order valence-electron chi connectivity index (χ2n) is 4.52. The van der Waals surface area contributed by atoms with Crippen molar-refractivity contribution in [1.29, 1.82) is 0 Å². The lowest BCUT2D eigenvalue weighted by atomic mass is 10.3. The van der Waals surface area contributed by atoms with E-state index in [1.165, 1.54) is 0 Å². The first-order chi connectivity index (χ1) is 9.81. The van der Waals surface area contributed by atoms with E-state index in [9.17, 15) is 0 Å². The summed E-state index contributed by atoms with van der Waals surface area (Å²) in [4.78, 5) is 4.75. The number of imidazole rings is 1. The number of aromatic nitrogens is 2. The van der Waals surface area contributed by atoms with Gasteiger partial charge in [-0.2, -0.15) is 11.8 Å². The molecule has 0 fully saturated rings. The van der Waals surface area contributed by atoms with Gasteiger partial charge in [0.15, 0.2) is 0 Å². The molecule has 1 aromatic carbocycles. The Morgan fingerprint density at radius 3 is 2.95 bits per heavy atom. The summed E-state index contributed by atoms with van der Waals surface area (Å²) in [7, 11) is 0. The molecule has 0 N–H and O–H groups in total. The maximum atomic E-state index is 5.91. The highest BCUT2D eigenvalue weighted by Gasteiger charge is 2.13. The Morgan fingerprint density at radius 2 is 2.25 bits per heavy atom. The number of halogens is 1. The zero-order valence-electron chi connectivity index (χ0n) is 12.1. The van der Waals surface area contributed by atoms with Crippen molar-refractivity contribution in [2.24, 2.45) is 0 Å². The van der Waals surface area contributed by atoms with E-state index < -0.39 is 0 Å². The molecular weight excluding hydrogens is 292 g/mol. The fourth-order valence-corrected chi connectivity index (χ4v) is 2.92. The van der Waals surface area contributed by atoms with E-state index in [2.05, 4.69) is 16.9 Å². The molecule has 1 heterocycles. The van der Waals surface area contributed by atoms with Crippen molar-refractivity contribution < 1.29 is 4.74 Å². The van der Waals surface area contributed by atoms with Gasteiger partial charge in [-0.25, -0.2) is 4.98 Å². The number of fused-ring (bicyclic) bond motifs is 1. The van der Waals surface area contributed by atoms with Crippen LogP contribution in [0.2, 0.25) is 0 Å². The van der Waals surface area contributed by atoms with Crippen LogP contribution in [0.5, 0.6) is 5.75 Å². The van der Waals surface area contributed by atoms with E-state index in [0.717, 1.165) is 47.7 Å². The summed E-state index contributed by atoms with van der Waals surface area (Å²) in [6.45, 7) is 3.64. The molecule has 20 heavy (non-hydrogen) atoms. The van der Waals surface area contributed by atoms with Crippen LogP contribution in [-0.2, 0) is 13.0 Å². The van der Waals surface area contributed by atoms with Crippen LogP contribution in [0.15, 0.2) is 18.2 Å². The lowest BCUT2D eigenvalue weighted by molar-refractivity contribution is 0.343. The number of ether oxygens (including phenoxy) is 1. The first-order valence-electron chi connectivity index (χ1n) is 6.97. The van der Waals surface area contributed by atoms with Gasteiger partial charge < -0.3 is 9.30 Å². The average molecular weight is 313 g/mol. The number of aryl methyl sites for hydroxylation is 2. The molecule has 2 aromatic rings. The van der Waals surface area contributed by atoms with E-state index in [1.54, 1.807) is 0 Å². The average Bonchev–Trinajstić information content (AvgIpc) is 2.79. The Morgan fingerprint density at radius 1 is 1.40 bits per heavy atom. The summed E-state index contributed by atoms with van der Waals surface area (Å²) in [5.41, 5.74) is 2.11. The van der Waals surface area contributed by atoms with Crippen LogP contribution in [0.25, 0.3) is 11.0 Å². The SMILES string of the molecule is CCOc1cccc2c1nc(CCCl)n2CCCSC. The van der Waals surface area contributed by atoms with Crippen molar-refractivity contribution in [3.63, 3.8) is 0 Å². The fraction of sp³-hybridized carbons (Fsp3) is 0.533. The van der Waals surface area contributed by atoms with E-state index in [0.29, 0.717) is 12.5 Å². The van der Waals surface area contributed by atoms with Crippen molar-refractivity contribution in [3.05, 3.63) is 24.0 Å². The van der Waals surface area contributed by atoms with Crippen LogP contribution in [0.1, 0.15) is 19.2 Å². The summed E-state index contributed by atoms with van der Waals surface area (Å²) < 4.78 is 7.97. The van der Waals surface area contributed by atoms with Gasteiger partial charge in [-0.3, -0.25) is 0 Å². The molecule has 1 aromatic heterocycles. The van der Waals surface area contributed by atoms with Crippen LogP contribution < -0.4 is 4.74 Å². The molecule has 0 amide bonds. The first kappa shape index (κ1) is 15.5. The molecule has 0 radical (unpaired) electrons. The van der Waals surface area contributed by atoms with Crippen molar-refractivity contribution in [1.82, 2.24) is 9.55 Å². The van der Waals surface area contributed by atoms with Crippen molar-refractivity contribution >= 4 is 34.4 Å². The molecule has 0 atom stereocenters. The number of para-hydroxylation sites is 1. The minimum atomic E-state index is 0.593.